The molecule has 0 spiro atoms. The van der Waals surface area contributed by atoms with Crippen LogP contribution >= 0.6 is 11.3 Å². The van der Waals surface area contributed by atoms with Crippen LogP contribution < -0.4 is 10.6 Å². The maximum absolute atomic E-state index is 12.6. The highest BCUT2D eigenvalue weighted by Crippen LogP contribution is 2.38. The van der Waals surface area contributed by atoms with Crippen LogP contribution in [0.4, 0.5) is 10.7 Å². The van der Waals surface area contributed by atoms with E-state index in [-0.39, 0.29) is 18.4 Å². The van der Waals surface area contributed by atoms with E-state index in [0.29, 0.717) is 16.1 Å². The quantitative estimate of drug-likeness (QED) is 0.643. The predicted octanol–water partition coefficient (Wildman–Crippen LogP) is 4.01. The number of carbonyl (C=O) groups is 3. The molecule has 0 saturated carbocycles. The van der Waals surface area contributed by atoms with Gasteiger partial charge in [0.25, 0.3) is 5.91 Å². The number of benzene rings is 1. The second-order valence-electron chi connectivity index (χ2n) is 8.34. The van der Waals surface area contributed by atoms with E-state index >= 15 is 0 Å². The standard InChI is InChI=1S/C24H29N3O4S/c1-15-13-16(23(29)27-11-5-6-12-27)9-10-18(15)25-14-20(28)26-22-21(24(30)31-2)17-7-3-4-8-19(17)32-22/h9-10,13,25H,3-8,11-12,14H2,1-2H3,(H,26,28). The van der Waals surface area contributed by atoms with Crippen LogP contribution in [0.3, 0.4) is 0 Å². The molecule has 4 rings (SSSR count). The number of hydrogen-bond donors (Lipinski definition) is 2. The lowest BCUT2D eigenvalue weighted by Crippen LogP contribution is -2.27. The summed E-state index contributed by atoms with van der Waals surface area (Å²) in [5.41, 5.74) is 3.90. The normalized spacial score (nSPS) is 15.2. The maximum atomic E-state index is 12.6. The van der Waals surface area contributed by atoms with Gasteiger partial charge < -0.3 is 20.3 Å². The lowest BCUT2D eigenvalue weighted by atomic mass is 9.95. The van der Waals surface area contributed by atoms with Crippen LogP contribution in [0.25, 0.3) is 0 Å². The molecule has 32 heavy (non-hydrogen) atoms. The number of anilines is 2. The molecule has 170 valence electrons. The first-order valence-corrected chi connectivity index (χ1v) is 12.0. The van der Waals surface area contributed by atoms with E-state index in [1.165, 1.54) is 18.4 Å². The fourth-order valence-electron chi connectivity index (χ4n) is 4.42. The van der Waals surface area contributed by atoms with Gasteiger partial charge in [-0.05, 0) is 74.8 Å². The molecule has 0 radical (unpaired) electrons. The van der Waals surface area contributed by atoms with Gasteiger partial charge in [0.15, 0.2) is 0 Å². The lowest BCUT2D eigenvalue weighted by Gasteiger charge is -2.16. The van der Waals surface area contributed by atoms with Crippen LogP contribution in [-0.2, 0) is 22.4 Å². The van der Waals surface area contributed by atoms with Crippen LogP contribution in [0.2, 0.25) is 0 Å². The third-order valence-corrected chi connectivity index (χ3v) is 7.33. The van der Waals surface area contributed by atoms with Gasteiger partial charge in [0.05, 0.1) is 19.2 Å². The van der Waals surface area contributed by atoms with Gasteiger partial charge in [0, 0.05) is 29.2 Å². The van der Waals surface area contributed by atoms with E-state index in [4.69, 9.17) is 4.74 Å². The maximum Gasteiger partial charge on any atom is 0.341 e. The number of amides is 2. The molecule has 0 atom stereocenters. The summed E-state index contributed by atoms with van der Waals surface area (Å²) in [4.78, 5) is 40.6. The van der Waals surface area contributed by atoms with Crippen molar-refractivity contribution in [3.63, 3.8) is 0 Å². The summed E-state index contributed by atoms with van der Waals surface area (Å²) in [5, 5.41) is 6.61. The number of hydrogen-bond acceptors (Lipinski definition) is 6. The van der Waals surface area contributed by atoms with Gasteiger partial charge in [-0.3, -0.25) is 9.59 Å². The van der Waals surface area contributed by atoms with E-state index in [0.717, 1.165) is 73.3 Å². The zero-order chi connectivity index (χ0) is 22.7. The topological polar surface area (TPSA) is 87.7 Å². The van der Waals surface area contributed by atoms with E-state index < -0.39 is 5.97 Å². The summed E-state index contributed by atoms with van der Waals surface area (Å²) in [7, 11) is 1.36. The number of nitrogens with zero attached hydrogens (tertiary/aromatic N) is 1. The van der Waals surface area contributed by atoms with E-state index in [1.807, 2.05) is 24.0 Å². The molecule has 1 aromatic carbocycles. The highest BCUT2D eigenvalue weighted by atomic mass is 32.1. The van der Waals surface area contributed by atoms with Crippen molar-refractivity contribution < 1.29 is 19.1 Å². The fraction of sp³-hybridized carbons (Fsp3) is 0.458. The summed E-state index contributed by atoms with van der Waals surface area (Å²) < 4.78 is 4.97. The van der Waals surface area contributed by atoms with Crippen LogP contribution in [0.15, 0.2) is 18.2 Å². The molecular formula is C24H29N3O4S. The van der Waals surface area contributed by atoms with Crippen molar-refractivity contribution in [2.24, 2.45) is 0 Å². The summed E-state index contributed by atoms with van der Waals surface area (Å²) in [6.07, 6.45) is 6.03. The number of aryl methyl sites for hydroxylation is 2. The van der Waals surface area contributed by atoms with Gasteiger partial charge in [0.1, 0.15) is 5.00 Å². The average molecular weight is 456 g/mol. The molecule has 2 amide bonds. The highest BCUT2D eigenvalue weighted by Gasteiger charge is 2.27. The zero-order valence-electron chi connectivity index (χ0n) is 18.6. The first-order chi connectivity index (χ1) is 15.5. The Hall–Kier alpha value is -2.87. The molecule has 0 bridgehead atoms. The molecule has 1 aliphatic carbocycles. The van der Waals surface area contributed by atoms with Crippen LogP contribution in [0.1, 0.15) is 62.4 Å². The van der Waals surface area contributed by atoms with Gasteiger partial charge in [-0.1, -0.05) is 0 Å². The van der Waals surface area contributed by atoms with Gasteiger partial charge in [-0.2, -0.15) is 0 Å². The largest absolute Gasteiger partial charge is 0.465 e. The number of fused-ring (bicyclic) bond motifs is 1. The molecule has 2 aromatic rings. The van der Waals surface area contributed by atoms with Crippen molar-refractivity contribution in [1.82, 2.24) is 4.90 Å². The molecule has 2 N–H and O–H groups in total. The Bertz CT molecular complexity index is 1040. The van der Waals surface area contributed by atoms with Crippen molar-refractivity contribution in [2.75, 3.05) is 37.4 Å². The lowest BCUT2D eigenvalue weighted by molar-refractivity contribution is -0.114. The van der Waals surface area contributed by atoms with Gasteiger partial charge in [0.2, 0.25) is 5.91 Å². The van der Waals surface area contributed by atoms with Gasteiger partial charge in [-0.15, -0.1) is 11.3 Å². The Morgan fingerprint density at radius 1 is 1.09 bits per heavy atom. The molecule has 2 heterocycles. The van der Waals surface area contributed by atoms with Crippen molar-refractivity contribution in [3.05, 3.63) is 45.3 Å². The fourth-order valence-corrected chi connectivity index (χ4v) is 5.71. The van der Waals surface area contributed by atoms with Crippen molar-refractivity contribution in [2.45, 2.75) is 45.4 Å². The Kier molecular flexibility index (Phi) is 6.79. The second kappa shape index (κ2) is 9.73. The average Bonchev–Trinajstić information content (AvgIpc) is 3.45. The molecule has 7 nitrogen and oxygen atoms in total. The van der Waals surface area contributed by atoms with Crippen molar-refractivity contribution in [1.29, 1.82) is 0 Å². The molecule has 1 fully saturated rings. The van der Waals surface area contributed by atoms with Gasteiger partial charge >= 0.3 is 5.97 Å². The number of likely N-dealkylation sites (tertiary alicyclic amines) is 1. The molecule has 1 aliphatic heterocycles. The number of esters is 1. The first-order valence-electron chi connectivity index (χ1n) is 11.1. The minimum absolute atomic E-state index is 0.0590. The first kappa shape index (κ1) is 22.3. The van der Waals surface area contributed by atoms with Crippen LogP contribution in [-0.4, -0.2) is 49.4 Å². The van der Waals surface area contributed by atoms with E-state index in [1.54, 1.807) is 6.07 Å². The number of nitrogens with one attached hydrogen (secondary N) is 2. The number of methoxy groups -OCH3 is 1. The SMILES string of the molecule is COC(=O)c1c(NC(=O)CNc2ccc(C(=O)N3CCCC3)cc2C)sc2c1CCCC2. The predicted molar refractivity (Wildman–Crippen MR) is 126 cm³/mol. The number of thiophene rings is 1. The van der Waals surface area contributed by atoms with Crippen LogP contribution in [0, 0.1) is 6.92 Å². The Labute approximate surface area is 192 Å². The third kappa shape index (κ3) is 4.65. The molecule has 8 heteroatoms. The molecular weight excluding hydrogens is 426 g/mol. The zero-order valence-corrected chi connectivity index (χ0v) is 19.4. The molecule has 1 aromatic heterocycles. The van der Waals surface area contributed by atoms with E-state index in [2.05, 4.69) is 10.6 Å². The minimum atomic E-state index is -0.401. The van der Waals surface area contributed by atoms with Crippen LogP contribution in [0.5, 0.6) is 0 Å². The van der Waals surface area contributed by atoms with E-state index in [9.17, 15) is 14.4 Å². The molecule has 1 saturated heterocycles. The molecule has 2 aliphatic rings. The minimum Gasteiger partial charge on any atom is -0.465 e. The van der Waals surface area contributed by atoms with Crippen molar-refractivity contribution >= 4 is 39.8 Å². The summed E-state index contributed by atoms with van der Waals surface area (Å²) >= 11 is 1.47. The summed E-state index contributed by atoms with van der Waals surface area (Å²) in [5.74, 6) is -0.570. The number of rotatable bonds is 6. The third-order valence-electron chi connectivity index (χ3n) is 6.12. The van der Waals surface area contributed by atoms with Crippen molar-refractivity contribution in [3.8, 4) is 0 Å². The Balaban J connectivity index is 1.41. The molecule has 0 unspecified atom stereocenters. The Morgan fingerprint density at radius 2 is 1.84 bits per heavy atom. The smallest absolute Gasteiger partial charge is 0.341 e. The highest BCUT2D eigenvalue weighted by molar-refractivity contribution is 7.17. The van der Waals surface area contributed by atoms with Gasteiger partial charge in [-0.25, -0.2) is 4.79 Å². The monoisotopic (exact) mass is 455 g/mol. The number of ether oxygens (including phenoxy) is 1. The second-order valence-corrected chi connectivity index (χ2v) is 9.44. The Morgan fingerprint density at radius 3 is 2.56 bits per heavy atom. The summed E-state index contributed by atoms with van der Waals surface area (Å²) in [6.45, 7) is 3.61. The number of carbonyl (C=O) groups excluding carboxylic acids is 3. The summed E-state index contributed by atoms with van der Waals surface area (Å²) in [6, 6.07) is 5.51.